The van der Waals surface area contributed by atoms with Crippen molar-refractivity contribution >= 4 is 44.3 Å². The van der Waals surface area contributed by atoms with E-state index in [0.717, 1.165) is 33.4 Å². The normalized spacial score (nSPS) is 11.1. The number of hydrogen-bond donors (Lipinski definition) is 1. The van der Waals surface area contributed by atoms with Gasteiger partial charge < -0.3 is 10.1 Å². The summed E-state index contributed by atoms with van der Waals surface area (Å²) in [5.74, 6) is 1.36. The number of pyridine rings is 1. The summed E-state index contributed by atoms with van der Waals surface area (Å²) in [4.78, 5) is 5.83. The van der Waals surface area contributed by atoms with Crippen LogP contribution in [0.2, 0.25) is 0 Å². The number of ether oxygens (including phenoxy) is 1. The van der Waals surface area contributed by atoms with Gasteiger partial charge in [-0.25, -0.2) is 4.98 Å². The van der Waals surface area contributed by atoms with E-state index in [0.29, 0.717) is 11.1 Å². The van der Waals surface area contributed by atoms with Gasteiger partial charge in [0.05, 0.1) is 9.99 Å². The molecule has 25 heavy (non-hydrogen) atoms. The molecule has 3 nitrogen and oxygen atoms in total. The molecule has 0 spiro atoms. The fraction of sp³-hybridized carbons (Fsp3) is 0.250. The molecule has 1 heterocycles. The van der Waals surface area contributed by atoms with E-state index >= 15 is 0 Å². The third kappa shape index (κ3) is 4.67. The lowest BCUT2D eigenvalue weighted by molar-refractivity contribution is 0.462. The molecule has 0 bridgehead atoms. The van der Waals surface area contributed by atoms with Crippen LogP contribution < -0.4 is 10.1 Å². The second kappa shape index (κ2) is 8.11. The number of nitrogens with one attached hydrogen (secondary N) is 1. The Morgan fingerprint density at radius 3 is 2.68 bits per heavy atom. The summed E-state index contributed by atoms with van der Waals surface area (Å²) in [6.45, 7) is 7.36. The molecule has 1 N–H and O–H groups in total. The quantitative estimate of drug-likeness (QED) is 0.452. The largest absolute Gasteiger partial charge is 0.438 e. The van der Waals surface area contributed by atoms with E-state index in [4.69, 9.17) is 4.74 Å². The molecule has 0 atom stereocenters. The zero-order valence-corrected chi connectivity index (χ0v) is 16.9. The molecule has 1 aromatic heterocycles. The maximum atomic E-state index is 5.97. The number of anilines is 1. The SMILES string of the molecule is CCNc1ccc2nc(Oc3ccc(SC(C)C)cc3Br)ccc2c1. The molecule has 0 aliphatic carbocycles. The Bertz CT molecular complexity index is 883. The Hall–Kier alpha value is -1.72. The van der Waals surface area contributed by atoms with Crippen molar-refractivity contribution < 1.29 is 4.74 Å². The summed E-state index contributed by atoms with van der Waals surface area (Å²) in [7, 11) is 0. The molecule has 0 aliphatic heterocycles. The molecule has 0 unspecified atom stereocenters. The maximum absolute atomic E-state index is 5.97. The van der Waals surface area contributed by atoms with E-state index in [1.165, 1.54) is 4.90 Å². The van der Waals surface area contributed by atoms with Gasteiger partial charge in [-0.05, 0) is 65.3 Å². The van der Waals surface area contributed by atoms with Crippen molar-refractivity contribution in [2.24, 2.45) is 0 Å². The van der Waals surface area contributed by atoms with Crippen LogP contribution in [0.4, 0.5) is 5.69 Å². The second-order valence-corrected chi connectivity index (χ2v) is 8.45. The standard InChI is InChI=1S/C20H21BrN2OS/c1-4-22-15-6-8-18-14(11-15)5-10-20(23-18)24-19-9-7-16(12-17(19)21)25-13(2)3/h5-13,22H,4H2,1-3H3. The van der Waals surface area contributed by atoms with Gasteiger partial charge in [-0.15, -0.1) is 11.8 Å². The van der Waals surface area contributed by atoms with Crippen molar-refractivity contribution in [3.63, 3.8) is 0 Å². The lowest BCUT2D eigenvalue weighted by Gasteiger charge is -2.11. The molecule has 2 aromatic carbocycles. The Morgan fingerprint density at radius 1 is 1.12 bits per heavy atom. The predicted octanol–water partition coefficient (Wildman–Crippen LogP) is 6.72. The van der Waals surface area contributed by atoms with Crippen LogP contribution in [0.5, 0.6) is 11.6 Å². The molecule has 3 aromatic rings. The van der Waals surface area contributed by atoms with Crippen LogP contribution in [0.25, 0.3) is 10.9 Å². The zero-order valence-electron chi connectivity index (χ0n) is 14.5. The lowest BCUT2D eigenvalue weighted by Crippen LogP contribution is -1.96. The first-order valence-corrected chi connectivity index (χ1v) is 10.0. The van der Waals surface area contributed by atoms with Gasteiger partial charge in [0.1, 0.15) is 5.75 Å². The fourth-order valence-electron chi connectivity index (χ4n) is 2.50. The highest BCUT2D eigenvalue weighted by Gasteiger charge is 2.08. The first-order chi connectivity index (χ1) is 12.0. The van der Waals surface area contributed by atoms with Gasteiger partial charge in [0.25, 0.3) is 0 Å². The zero-order chi connectivity index (χ0) is 17.8. The smallest absolute Gasteiger partial charge is 0.219 e. The summed E-state index contributed by atoms with van der Waals surface area (Å²) in [6.07, 6.45) is 0. The van der Waals surface area contributed by atoms with Crippen molar-refractivity contribution in [1.29, 1.82) is 0 Å². The monoisotopic (exact) mass is 416 g/mol. The van der Waals surface area contributed by atoms with Crippen LogP contribution in [0, 0.1) is 0 Å². The average Bonchev–Trinajstić information content (AvgIpc) is 2.57. The molecule has 130 valence electrons. The minimum atomic E-state index is 0.549. The molecule has 3 rings (SSSR count). The van der Waals surface area contributed by atoms with E-state index in [1.807, 2.05) is 42.1 Å². The van der Waals surface area contributed by atoms with Crippen LogP contribution in [-0.4, -0.2) is 16.8 Å². The van der Waals surface area contributed by atoms with Gasteiger partial charge in [0.15, 0.2) is 0 Å². The van der Waals surface area contributed by atoms with E-state index in [9.17, 15) is 0 Å². The van der Waals surface area contributed by atoms with Gasteiger partial charge in [-0.2, -0.15) is 0 Å². The third-order valence-electron chi connectivity index (χ3n) is 3.53. The number of benzene rings is 2. The predicted molar refractivity (Wildman–Crippen MR) is 111 cm³/mol. The summed E-state index contributed by atoms with van der Waals surface area (Å²) < 4.78 is 6.90. The van der Waals surface area contributed by atoms with Crippen LogP contribution in [0.1, 0.15) is 20.8 Å². The van der Waals surface area contributed by atoms with Crippen LogP contribution in [0.3, 0.4) is 0 Å². The minimum Gasteiger partial charge on any atom is -0.438 e. The highest BCUT2D eigenvalue weighted by Crippen LogP contribution is 2.34. The number of thioether (sulfide) groups is 1. The molecule has 0 saturated heterocycles. The first kappa shape index (κ1) is 18.1. The minimum absolute atomic E-state index is 0.549. The molecule has 0 fully saturated rings. The van der Waals surface area contributed by atoms with E-state index < -0.39 is 0 Å². The Labute approximate surface area is 161 Å². The van der Waals surface area contributed by atoms with Gasteiger partial charge in [-0.1, -0.05) is 13.8 Å². The van der Waals surface area contributed by atoms with Gasteiger partial charge >= 0.3 is 0 Å². The number of rotatable bonds is 6. The van der Waals surface area contributed by atoms with Gasteiger partial charge in [0.2, 0.25) is 5.88 Å². The summed E-state index contributed by atoms with van der Waals surface area (Å²) in [5.41, 5.74) is 2.02. The van der Waals surface area contributed by atoms with Crippen molar-refractivity contribution in [1.82, 2.24) is 4.98 Å². The van der Waals surface area contributed by atoms with Gasteiger partial charge in [0, 0.05) is 33.8 Å². The summed E-state index contributed by atoms with van der Waals surface area (Å²) in [6, 6.07) is 16.2. The van der Waals surface area contributed by atoms with E-state index in [2.05, 4.69) is 65.2 Å². The lowest BCUT2D eigenvalue weighted by atomic mass is 10.2. The van der Waals surface area contributed by atoms with Crippen molar-refractivity contribution in [2.45, 2.75) is 30.9 Å². The topological polar surface area (TPSA) is 34.2 Å². The molecular weight excluding hydrogens is 396 g/mol. The molecular formula is C20H21BrN2OS. The molecule has 0 radical (unpaired) electrons. The van der Waals surface area contributed by atoms with Crippen LogP contribution in [-0.2, 0) is 0 Å². The number of fused-ring (bicyclic) bond motifs is 1. The number of aromatic nitrogens is 1. The van der Waals surface area contributed by atoms with Crippen molar-refractivity contribution in [3.05, 3.63) is 53.0 Å². The van der Waals surface area contributed by atoms with Crippen molar-refractivity contribution in [3.8, 4) is 11.6 Å². The van der Waals surface area contributed by atoms with Crippen LogP contribution in [0.15, 0.2) is 57.9 Å². The average molecular weight is 417 g/mol. The Kier molecular flexibility index (Phi) is 5.86. The Morgan fingerprint density at radius 2 is 1.96 bits per heavy atom. The number of nitrogens with zero attached hydrogens (tertiary/aromatic N) is 1. The third-order valence-corrected chi connectivity index (χ3v) is 5.15. The number of halogens is 1. The number of hydrogen-bond acceptors (Lipinski definition) is 4. The van der Waals surface area contributed by atoms with Gasteiger partial charge in [-0.3, -0.25) is 0 Å². The van der Waals surface area contributed by atoms with E-state index in [-0.39, 0.29) is 0 Å². The molecule has 5 heteroatoms. The Balaban J connectivity index is 1.81. The highest BCUT2D eigenvalue weighted by atomic mass is 79.9. The maximum Gasteiger partial charge on any atom is 0.219 e. The fourth-order valence-corrected chi connectivity index (χ4v) is 3.99. The summed E-state index contributed by atoms with van der Waals surface area (Å²) >= 11 is 5.42. The second-order valence-electron chi connectivity index (χ2n) is 5.95. The molecule has 0 saturated carbocycles. The molecule has 0 aliphatic rings. The van der Waals surface area contributed by atoms with E-state index in [1.54, 1.807) is 0 Å². The molecule has 0 amide bonds. The summed E-state index contributed by atoms with van der Waals surface area (Å²) in [5, 5.41) is 4.95. The van der Waals surface area contributed by atoms with Crippen LogP contribution >= 0.6 is 27.7 Å². The first-order valence-electron chi connectivity index (χ1n) is 8.34. The van der Waals surface area contributed by atoms with Crippen molar-refractivity contribution in [2.75, 3.05) is 11.9 Å². The highest BCUT2D eigenvalue weighted by molar-refractivity contribution is 9.10.